The van der Waals surface area contributed by atoms with Crippen molar-refractivity contribution in [3.05, 3.63) is 66.2 Å². The van der Waals surface area contributed by atoms with Gasteiger partial charge in [-0.15, -0.1) is 11.3 Å². The molecule has 1 amide bonds. The quantitative estimate of drug-likeness (QED) is 0.560. The van der Waals surface area contributed by atoms with E-state index in [2.05, 4.69) is 5.32 Å². The Balaban J connectivity index is 1.50. The number of anilines is 1. The summed E-state index contributed by atoms with van der Waals surface area (Å²) in [5.41, 5.74) is 1.94. The van der Waals surface area contributed by atoms with Crippen molar-refractivity contribution in [3.63, 3.8) is 0 Å². The second-order valence-corrected chi connectivity index (χ2v) is 10.4. The fourth-order valence-electron chi connectivity index (χ4n) is 3.35. The number of benzene rings is 2. The highest BCUT2D eigenvalue weighted by atomic mass is 32.2. The second kappa shape index (κ2) is 9.83. The van der Waals surface area contributed by atoms with Crippen molar-refractivity contribution >= 4 is 33.0 Å². The average molecular weight is 473 g/mol. The minimum Gasteiger partial charge on any atom is -0.494 e. The summed E-state index contributed by atoms with van der Waals surface area (Å²) in [6, 6.07) is 17.7. The van der Waals surface area contributed by atoms with Crippen LogP contribution >= 0.6 is 11.3 Å². The lowest BCUT2D eigenvalue weighted by Gasteiger charge is -2.25. The van der Waals surface area contributed by atoms with Gasteiger partial charge in [0.05, 0.1) is 19.8 Å². The van der Waals surface area contributed by atoms with Gasteiger partial charge in [-0.05, 0) is 61.0 Å². The Morgan fingerprint density at radius 1 is 1.09 bits per heavy atom. The SMILES string of the molecule is CCOc1ccc(NC(=O)c2cccc(-c3ccc(S(=O)(=O)N4CCOCC4)s3)c2)cc1. The molecule has 0 aliphatic carbocycles. The van der Waals surface area contributed by atoms with E-state index in [-0.39, 0.29) is 5.91 Å². The standard InChI is InChI=1S/C23H24N2O5S2/c1-2-30-20-8-6-19(7-9-20)24-23(26)18-5-3-4-17(16-18)21-10-11-22(31-21)32(27,28)25-12-14-29-15-13-25/h3-11,16H,2,12-15H2,1H3,(H,24,26). The van der Waals surface area contributed by atoms with E-state index in [1.54, 1.807) is 54.6 Å². The van der Waals surface area contributed by atoms with Gasteiger partial charge in [0.25, 0.3) is 15.9 Å². The van der Waals surface area contributed by atoms with Crippen LogP contribution in [0.4, 0.5) is 5.69 Å². The van der Waals surface area contributed by atoms with E-state index >= 15 is 0 Å². The van der Waals surface area contributed by atoms with Crippen LogP contribution in [0.1, 0.15) is 17.3 Å². The lowest BCUT2D eigenvalue weighted by atomic mass is 10.1. The van der Waals surface area contributed by atoms with Crippen molar-refractivity contribution in [2.24, 2.45) is 0 Å². The number of hydrogen-bond acceptors (Lipinski definition) is 6. The summed E-state index contributed by atoms with van der Waals surface area (Å²) in [4.78, 5) is 13.5. The summed E-state index contributed by atoms with van der Waals surface area (Å²) in [5, 5.41) is 2.87. The first kappa shape index (κ1) is 22.5. The monoisotopic (exact) mass is 472 g/mol. The van der Waals surface area contributed by atoms with Crippen molar-refractivity contribution in [2.75, 3.05) is 38.2 Å². The lowest BCUT2D eigenvalue weighted by molar-refractivity contribution is 0.0731. The lowest BCUT2D eigenvalue weighted by Crippen LogP contribution is -2.40. The van der Waals surface area contributed by atoms with Crippen molar-refractivity contribution in [2.45, 2.75) is 11.1 Å². The minimum absolute atomic E-state index is 0.242. The zero-order chi connectivity index (χ0) is 22.6. The molecular weight excluding hydrogens is 448 g/mol. The van der Waals surface area contributed by atoms with E-state index < -0.39 is 10.0 Å². The number of amides is 1. The van der Waals surface area contributed by atoms with Gasteiger partial charge >= 0.3 is 0 Å². The number of carbonyl (C=O) groups is 1. The molecule has 1 N–H and O–H groups in total. The second-order valence-electron chi connectivity index (χ2n) is 7.13. The Morgan fingerprint density at radius 2 is 1.84 bits per heavy atom. The van der Waals surface area contributed by atoms with Crippen molar-refractivity contribution in [1.29, 1.82) is 0 Å². The fourth-order valence-corrected chi connectivity index (χ4v) is 6.21. The van der Waals surface area contributed by atoms with E-state index in [0.29, 0.717) is 48.4 Å². The first-order valence-corrected chi connectivity index (χ1v) is 12.6. The maximum atomic E-state index is 12.9. The third kappa shape index (κ3) is 5.02. The van der Waals surface area contributed by atoms with Gasteiger partial charge in [0.15, 0.2) is 0 Å². The molecule has 0 saturated carbocycles. The van der Waals surface area contributed by atoms with Crippen LogP contribution in [0.15, 0.2) is 64.9 Å². The van der Waals surface area contributed by atoms with E-state index in [1.165, 1.54) is 15.6 Å². The molecule has 1 aliphatic heterocycles. The van der Waals surface area contributed by atoms with E-state index in [1.807, 2.05) is 13.0 Å². The zero-order valence-corrected chi connectivity index (χ0v) is 19.2. The van der Waals surface area contributed by atoms with Crippen molar-refractivity contribution in [1.82, 2.24) is 4.31 Å². The number of morpholine rings is 1. The molecule has 0 radical (unpaired) electrons. The first-order chi connectivity index (χ1) is 15.5. The molecule has 7 nitrogen and oxygen atoms in total. The maximum absolute atomic E-state index is 12.9. The number of rotatable bonds is 7. The molecule has 9 heteroatoms. The van der Waals surface area contributed by atoms with Crippen LogP contribution in [0.2, 0.25) is 0 Å². The van der Waals surface area contributed by atoms with Crippen LogP contribution < -0.4 is 10.1 Å². The molecule has 0 spiro atoms. The predicted octanol–water partition coefficient (Wildman–Crippen LogP) is 4.09. The fraction of sp³-hybridized carbons (Fsp3) is 0.261. The van der Waals surface area contributed by atoms with E-state index in [0.717, 1.165) is 16.2 Å². The zero-order valence-electron chi connectivity index (χ0n) is 17.6. The largest absolute Gasteiger partial charge is 0.494 e. The molecule has 4 rings (SSSR count). The van der Waals surface area contributed by atoms with Gasteiger partial charge in [0.1, 0.15) is 9.96 Å². The molecule has 2 aromatic carbocycles. The molecule has 1 fully saturated rings. The molecule has 1 saturated heterocycles. The molecule has 168 valence electrons. The predicted molar refractivity (Wildman–Crippen MR) is 125 cm³/mol. The minimum atomic E-state index is -3.54. The highest BCUT2D eigenvalue weighted by Gasteiger charge is 2.28. The number of hydrogen-bond donors (Lipinski definition) is 1. The molecular formula is C23H24N2O5S2. The summed E-state index contributed by atoms with van der Waals surface area (Å²) < 4.78 is 38.2. The summed E-state index contributed by atoms with van der Waals surface area (Å²) in [5.74, 6) is 0.502. The van der Waals surface area contributed by atoms with Gasteiger partial charge in [0.2, 0.25) is 0 Å². The molecule has 32 heavy (non-hydrogen) atoms. The van der Waals surface area contributed by atoms with Crippen LogP contribution in [-0.2, 0) is 14.8 Å². The smallest absolute Gasteiger partial charge is 0.255 e. The number of thiophene rings is 1. The van der Waals surface area contributed by atoms with Crippen molar-refractivity contribution in [3.8, 4) is 16.2 Å². The summed E-state index contributed by atoms with van der Waals surface area (Å²) >= 11 is 1.20. The molecule has 1 aromatic heterocycles. The van der Waals surface area contributed by atoms with Gasteiger partial charge in [-0.1, -0.05) is 12.1 Å². The van der Waals surface area contributed by atoms with E-state index in [4.69, 9.17) is 9.47 Å². The van der Waals surface area contributed by atoms with Gasteiger partial charge in [0, 0.05) is 29.2 Å². The summed E-state index contributed by atoms with van der Waals surface area (Å²) in [6.07, 6.45) is 0. The van der Waals surface area contributed by atoms with Crippen LogP contribution in [0.3, 0.4) is 0 Å². The van der Waals surface area contributed by atoms with Gasteiger partial charge < -0.3 is 14.8 Å². The van der Waals surface area contributed by atoms with Crippen LogP contribution in [0.25, 0.3) is 10.4 Å². The number of nitrogens with zero attached hydrogens (tertiary/aromatic N) is 1. The van der Waals surface area contributed by atoms with Crippen LogP contribution in [-0.4, -0.2) is 51.5 Å². The normalized spacial score (nSPS) is 14.8. The Hall–Kier alpha value is -2.72. The number of carbonyl (C=O) groups excluding carboxylic acids is 1. The third-order valence-corrected chi connectivity index (χ3v) is 8.48. The summed E-state index contributed by atoms with van der Waals surface area (Å²) in [6.45, 7) is 4.02. The Morgan fingerprint density at radius 3 is 2.56 bits per heavy atom. The highest BCUT2D eigenvalue weighted by Crippen LogP contribution is 2.33. The molecule has 1 aliphatic rings. The van der Waals surface area contributed by atoms with Crippen LogP contribution in [0, 0.1) is 0 Å². The topological polar surface area (TPSA) is 84.9 Å². The van der Waals surface area contributed by atoms with Crippen LogP contribution in [0.5, 0.6) is 5.75 Å². The Bertz CT molecular complexity index is 1180. The van der Waals surface area contributed by atoms with Gasteiger partial charge in [-0.25, -0.2) is 8.42 Å². The highest BCUT2D eigenvalue weighted by molar-refractivity contribution is 7.91. The molecule has 0 unspecified atom stereocenters. The average Bonchev–Trinajstić information content (AvgIpc) is 3.33. The number of ether oxygens (including phenoxy) is 2. The van der Waals surface area contributed by atoms with Gasteiger partial charge in [-0.3, -0.25) is 4.79 Å². The molecule has 0 bridgehead atoms. The number of sulfonamides is 1. The van der Waals surface area contributed by atoms with Gasteiger partial charge in [-0.2, -0.15) is 4.31 Å². The summed E-state index contributed by atoms with van der Waals surface area (Å²) in [7, 11) is -3.54. The third-order valence-electron chi connectivity index (χ3n) is 4.98. The molecule has 3 aromatic rings. The first-order valence-electron chi connectivity index (χ1n) is 10.3. The molecule has 0 atom stereocenters. The Kier molecular flexibility index (Phi) is 6.90. The maximum Gasteiger partial charge on any atom is 0.255 e. The van der Waals surface area contributed by atoms with E-state index in [9.17, 15) is 13.2 Å². The molecule has 2 heterocycles. The Labute approximate surface area is 191 Å². The number of nitrogens with one attached hydrogen (secondary N) is 1. The van der Waals surface area contributed by atoms with Crippen molar-refractivity contribution < 1.29 is 22.7 Å².